The minimum absolute atomic E-state index is 0.0318. The largest absolute Gasteiger partial charge is 0.433 e. The van der Waals surface area contributed by atoms with Gasteiger partial charge in [-0.1, -0.05) is 12.1 Å². The molecule has 0 bridgehead atoms. The van der Waals surface area contributed by atoms with Crippen LogP contribution < -0.4 is 5.73 Å². The predicted octanol–water partition coefficient (Wildman–Crippen LogP) is 0.761. The quantitative estimate of drug-likeness (QED) is 0.266. The summed E-state index contributed by atoms with van der Waals surface area (Å²) in [6.45, 7) is 1.59. The van der Waals surface area contributed by atoms with Gasteiger partial charge in [0.05, 0.1) is 6.07 Å². The molecule has 0 amide bonds. The number of carbonyl (C=O) groups is 1. The molecule has 0 spiro atoms. The van der Waals surface area contributed by atoms with Gasteiger partial charge >= 0.3 is 11.9 Å². The molecule has 8 heteroatoms. The summed E-state index contributed by atoms with van der Waals surface area (Å²) in [6.07, 6.45) is 0.148. The number of rotatable bonds is 4. The Morgan fingerprint density at radius 3 is 2.88 bits per heavy atom. The van der Waals surface area contributed by atoms with Crippen LogP contribution in [0.25, 0.3) is 0 Å². The number of nitrogens with zero attached hydrogens (tertiary/aromatic N) is 2. The van der Waals surface area contributed by atoms with Gasteiger partial charge in [-0.25, -0.2) is 4.79 Å². The van der Waals surface area contributed by atoms with Gasteiger partial charge in [-0.2, -0.15) is 0 Å². The second kappa shape index (κ2) is 4.91. The first-order chi connectivity index (χ1) is 7.54. The van der Waals surface area contributed by atoms with Gasteiger partial charge in [0.2, 0.25) is 5.84 Å². The Hall–Kier alpha value is -2.38. The summed E-state index contributed by atoms with van der Waals surface area (Å²) in [5.74, 6) is -1.30. The van der Waals surface area contributed by atoms with Crippen molar-refractivity contribution in [1.82, 2.24) is 0 Å². The number of hydrogen-bond acceptors (Lipinski definition) is 6. The van der Waals surface area contributed by atoms with Crippen LogP contribution in [0.15, 0.2) is 21.7 Å². The first-order valence-electron chi connectivity index (χ1n) is 4.32. The van der Waals surface area contributed by atoms with Crippen molar-refractivity contribution in [3.63, 3.8) is 0 Å². The molecule has 0 saturated heterocycles. The third-order valence-electron chi connectivity index (χ3n) is 1.56. The molecule has 0 atom stereocenters. The van der Waals surface area contributed by atoms with Crippen molar-refractivity contribution in [3.8, 4) is 0 Å². The van der Waals surface area contributed by atoms with Crippen molar-refractivity contribution in [3.05, 3.63) is 28.0 Å². The Balaban J connectivity index is 2.75. The molecule has 1 heterocycles. The van der Waals surface area contributed by atoms with E-state index in [9.17, 15) is 14.9 Å². The van der Waals surface area contributed by atoms with Crippen LogP contribution in [0.4, 0.5) is 5.88 Å². The molecule has 0 aliphatic carbocycles. The maximum Gasteiger partial charge on any atom is 0.433 e. The lowest BCUT2D eigenvalue weighted by atomic mass is 10.4. The van der Waals surface area contributed by atoms with Gasteiger partial charge in [0, 0.05) is 6.42 Å². The van der Waals surface area contributed by atoms with Crippen molar-refractivity contribution in [2.45, 2.75) is 13.3 Å². The van der Waals surface area contributed by atoms with Crippen LogP contribution >= 0.6 is 0 Å². The van der Waals surface area contributed by atoms with Crippen LogP contribution in [0, 0.1) is 10.1 Å². The zero-order valence-electron chi connectivity index (χ0n) is 8.37. The van der Waals surface area contributed by atoms with E-state index in [4.69, 9.17) is 10.2 Å². The highest BCUT2D eigenvalue weighted by atomic mass is 16.7. The molecular weight excluding hydrogens is 218 g/mol. The summed E-state index contributed by atoms with van der Waals surface area (Å²) < 4.78 is 4.73. The molecule has 0 saturated carbocycles. The van der Waals surface area contributed by atoms with E-state index in [1.165, 1.54) is 6.07 Å². The molecule has 16 heavy (non-hydrogen) atoms. The molecule has 0 radical (unpaired) electrons. The number of furan rings is 1. The molecule has 2 N–H and O–H groups in total. The first-order valence-corrected chi connectivity index (χ1v) is 4.32. The van der Waals surface area contributed by atoms with Crippen LogP contribution in [0.5, 0.6) is 0 Å². The zero-order chi connectivity index (χ0) is 12.1. The zero-order valence-corrected chi connectivity index (χ0v) is 8.37. The van der Waals surface area contributed by atoms with E-state index in [-0.39, 0.29) is 18.0 Å². The van der Waals surface area contributed by atoms with Crippen molar-refractivity contribution in [1.29, 1.82) is 0 Å². The van der Waals surface area contributed by atoms with E-state index in [0.29, 0.717) is 0 Å². The average molecular weight is 227 g/mol. The molecule has 86 valence electrons. The van der Waals surface area contributed by atoms with Crippen LogP contribution in [-0.2, 0) is 9.63 Å². The number of hydrogen-bond donors (Lipinski definition) is 1. The van der Waals surface area contributed by atoms with Gasteiger partial charge in [0.25, 0.3) is 0 Å². The fourth-order valence-corrected chi connectivity index (χ4v) is 0.773. The Labute approximate surface area is 89.8 Å². The van der Waals surface area contributed by atoms with Crippen molar-refractivity contribution >= 4 is 17.7 Å². The van der Waals surface area contributed by atoms with Crippen molar-refractivity contribution < 1.29 is 19.0 Å². The second-order valence-corrected chi connectivity index (χ2v) is 2.69. The fourth-order valence-electron chi connectivity index (χ4n) is 0.773. The number of carbonyl (C=O) groups excluding carboxylic acids is 1. The second-order valence-electron chi connectivity index (χ2n) is 2.69. The van der Waals surface area contributed by atoms with E-state index in [1.807, 2.05) is 0 Å². The lowest BCUT2D eigenvalue weighted by Crippen LogP contribution is -2.14. The Morgan fingerprint density at radius 1 is 1.69 bits per heavy atom. The summed E-state index contributed by atoms with van der Waals surface area (Å²) in [5, 5.41) is 13.6. The molecular formula is C8H9N3O5. The third kappa shape index (κ3) is 2.80. The van der Waals surface area contributed by atoms with Crippen LogP contribution in [-0.4, -0.2) is 16.7 Å². The minimum Gasteiger partial charge on any atom is -0.397 e. The SMILES string of the molecule is CCC(=O)O/N=C(\N)c1ccc([N+](=O)[O-])o1. The van der Waals surface area contributed by atoms with Gasteiger partial charge in [0.15, 0.2) is 5.76 Å². The molecule has 1 aromatic rings. The monoisotopic (exact) mass is 227 g/mol. The van der Waals surface area contributed by atoms with E-state index in [2.05, 4.69) is 9.99 Å². The number of amidine groups is 1. The Morgan fingerprint density at radius 2 is 2.38 bits per heavy atom. The van der Waals surface area contributed by atoms with E-state index >= 15 is 0 Å². The summed E-state index contributed by atoms with van der Waals surface area (Å²) >= 11 is 0. The van der Waals surface area contributed by atoms with E-state index in [1.54, 1.807) is 6.92 Å². The molecule has 1 aromatic heterocycles. The highest BCUT2D eigenvalue weighted by Gasteiger charge is 2.14. The summed E-state index contributed by atoms with van der Waals surface area (Å²) in [5.41, 5.74) is 5.37. The Bertz CT molecular complexity index is 437. The standard InChI is InChI=1S/C8H9N3O5/c1-2-7(12)16-10-8(9)5-3-4-6(15-5)11(13)14/h3-4H,2H2,1H3,(H2,9,10). The molecule has 1 rings (SSSR count). The van der Waals surface area contributed by atoms with E-state index in [0.717, 1.165) is 6.07 Å². The maximum atomic E-state index is 10.7. The van der Waals surface area contributed by atoms with Gasteiger partial charge in [-0.3, -0.25) is 10.1 Å². The highest BCUT2D eigenvalue weighted by Crippen LogP contribution is 2.15. The molecule has 0 fully saturated rings. The highest BCUT2D eigenvalue weighted by molar-refractivity contribution is 5.95. The van der Waals surface area contributed by atoms with Gasteiger partial charge in [-0.05, 0) is 6.07 Å². The lowest BCUT2D eigenvalue weighted by Gasteiger charge is -1.95. The topological polar surface area (TPSA) is 121 Å². The summed E-state index contributed by atoms with van der Waals surface area (Å²) in [6, 6.07) is 2.39. The average Bonchev–Trinajstić information content (AvgIpc) is 2.74. The van der Waals surface area contributed by atoms with Crippen molar-refractivity contribution in [2.24, 2.45) is 10.9 Å². The van der Waals surface area contributed by atoms with Crippen LogP contribution in [0.2, 0.25) is 0 Å². The van der Waals surface area contributed by atoms with Crippen molar-refractivity contribution in [2.75, 3.05) is 0 Å². The van der Waals surface area contributed by atoms with Crippen LogP contribution in [0.1, 0.15) is 19.1 Å². The number of nitro groups is 1. The molecule has 0 aliphatic rings. The normalized spacial score (nSPS) is 11.2. The smallest absolute Gasteiger partial charge is 0.397 e. The summed E-state index contributed by atoms with van der Waals surface area (Å²) in [4.78, 5) is 24.7. The minimum atomic E-state index is -0.713. The van der Waals surface area contributed by atoms with Gasteiger partial charge in [0.1, 0.15) is 4.92 Å². The number of oxime groups is 1. The van der Waals surface area contributed by atoms with Crippen LogP contribution in [0.3, 0.4) is 0 Å². The van der Waals surface area contributed by atoms with E-state index < -0.39 is 16.8 Å². The fraction of sp³-hybridized carbons (Fsp3) is 0.250. The molecule has 0 aliphatic heterocycles. The lowest BCUT2D eigenvalue weighted by molar-refractivity contribution is -0.402. The molecule has 0 unspecified atom stereocenters. The number of nitrogens with two attached hydrogens (primary N) is 1. The third-order valence-corrected chi connectivity index (χ3v) is 1.56. The Kier molecular flexibility index (Phi) is 3.59. The molecule has 0 aromatic carbocycles. The van der Waals surface area contributed by atoms with Gasteiger partial charge in [-0.15, -0.1) is 0 Å². The maximum absolute atomic E-state index is 10.7. The summed E-state index contributed by atoms with van der Waals surface area (Å²) in [7, 11) is 0. The first kappa shape index (κ1) is 11.7. The predicted molar refractivity (Wildman–Crippen MR) is 52.5 cm³/mol. The van der Waals surface area contributed by atoms with Gasteiger partial charge < -0.3 is 15.0 Å². The molecule has 8 nitrogen and oxygen atoms in total.